The van der Waals surface area contributed by atoms with Crippen LogP contribution < -0.4 is 15.9 Å². The Morgan fingerprint density at radius 3 is 1.04 bits per heavy atom. The number of hydrogen-bond donors (Lipinski definition) is 0. The standard InChI is InChI=1S/C18H15P.C3H7.Au/c1-4-10-16(11-5-1)19(17-12-6-2-7-13-17)18-14-8-3-9-15-18;1-3-2;/h1-15H;1,3H2,2H3;/q;-1;+1/p+1. The molecule has 0 bridgehead atoms. The van der Waals surface area contributed by atoms with Crippen molar-refractivity contribution in [3.8, 4) is 0 Å². The molecule has 0 heterocycles. The van der Waals surface area contributed by atoms with E-state index in [4.69, 9.17) is 0 Å². The fourth-order valence-corrected chi connectivity index (χ4v) is 4.89. The Morgan fingerprint density at radius 2 is 0.826 bits per heavy atom. The van der Waals surface area contributed by atoms with Gasteiger partial charge in [-0.25, -0.2) is 0 Å². The number of benzene rings is 3. The van der Waals surface area contributed by atoms with Gasteiger partial charge in [-0.05, 0) is 36.4 Å². The van der Waals surface area contributed by atoms with Gasteiger partial charge in [0.25, 0.3) is 0 Å². The molecule has 0 aliphatic rings. The summed E-state index contributed by atoms with van der Waals surface area (Å²) in [7, 11) is -0.877. The molecule has 0 unspecified atom stereocenters. The van der Waals surface area contributed by atoms with Crippen molar-refractivity contribution < 1.29 is 22.4 Å². The average molecular weight is 503 g/mol. The van der Waals surface area contributed by atoms with Gasteiger partial charge in [-0.15, -0.1) is 0 Å². The van der Waals surface area contributed by atoms with Gasteiger partial charge in [-0.3, -0.25) is 0 Å². The first kappa shape index (κ1) is 19.9. The maximum atomic E-state index is 3.49. The van der Waals surface area contributed by atoms with Gasteiger partial charge in [0, 0.05) is 0 Å². The summed E-state index contributed by atoms with van der Waals surface area (Å²) in [5, 5.41) is 4.31. The molecule has 0 atom stereocenters. The van der Waals surface area contributed by atoms with E-state index >= 15 is 0 Å². The van der Waals surface area contributed by atoms with Crippen LogP contribution in [0, 0.1) is 6.92 Å². The van der Waals surface area contributed by atoms with Crippen molar-refractivity contribution in [2.45, 2.75) is 13.3 Å². The van der Waals surface area contributed by atoms with Crippen LogP contribution >= 0.6 is 7.92 Å². The van der Waals surface area contributed by atoms with Gasteiger partial charge >= 0.3 is 22.4 Å². The minimum Gasteiger partial charge on any atom is -0.344 e. The molecular weight excluding hydrogens is 480 g/mol. The fraction of sp³-hybridized carbons (Fsp3) is 0.0952. The topological polar surface area (TPSA) is 0 Å². The summed E-state index contributed by atoms with van der Waals surface area (Å²) in [5.74, 6) is 0. The summed E-state index contributed by atoms with van der Waals surface area (Å²) in [6.45, 7) is 5.50. The first-order valence-electron chi connectivity index (χ1n) is 7.69. The zero-order valence-electron chi connectivity index (χ0n) is 13.4. The van der Waals surface area contributed by atoms with E-state index in [-0.39, 0.29) is 22.4 Å². The van der Waals surface area contributed by atoms with Crippen molar-refractivity contribution in [2.24, 2.45) is 0 Å². The molecule has 0 spiro atoms. The van der Waals surface area contributed by atoms with Crippen molar-refractivity contribution in [3.05, 3.63) is 97.9 Å². The summed E-state index contributed by atoms with van der Waals surface area (Å²) >= 11 is 0. The molecule has 3 aromatic rings. The van der Waals surface area contributed by atoms with Crippen molar-refractivity contribution >= 4 is 23.8 Å². The number of hydrogen-bond acceptors (Lipinski definition) is 0. The predicted molar refractivity (Wildman–Crippen MR) is 102 cm³/mol. The van der Waals surface area contributed by atoms with Gasteiger partial charge in [0.2, 0.25) is 0 Å². The molecule has 0 N–H and O–H groups in total. The van der Waals surface area contributed by atoms with Crippen LogP contribution in [0.4, 0.5) is 0 Å². The smallest absolute Gasteiger partial charge is 0.344 e. The van der Waals surface area contributed by atoms with Gasteiger partial charge < -0.3 is 6.92 Å². The Morgan fingerprint density at radius 1 is 0.609 bits per heavy atom. The predicted octanol–water partition coefficient (Wildman–Crippen LogP) is 4.41. The molecule has 3 rings (SSSR count). The van der Waals surface area contributed by atoms with Crippen LogP contribution in [-0.4, -0.2) is 0 Å². The first-order chi connectivity index (χ1) is 10.9. The third-order valence-electron chi connectivity index (χ3n) is 3.19. The van der Waals surface area contributed by atoms with Crippen molar-refractivity contribution in [3.63, 3.8) is 0 Å². The molecule has 23 heavy (non-hydrogen) atoms. The summed E-state index contributed by atoms with van der Waals surface area (Å²) in [6.07, 6.45) is 1.00. The molecule has 2 heteroatoms. The average Bonchev–Trinajstić information content (AvgIpc) is 2.59. The van der Waals surface area contributed by atoms with Crippen molar-refractivity contribution in [1.82, 2.24) is 0 Å². The van der Waals surface area contributed by atoms with Crippen LogP contribution in [-0.2, 0) is 22.4 Å². The minimum atomic E-state index is -0.877. The molecule has 122 valence electrons. The molecule has 0 fully saturated rings. The second kappa shape index (κ2) is 11.4. The van der Waals surface area contributed by atoms with Gasteiger partial charge in [-0.1, -0.05) is 61.5 Å². The van der Waals surface area contributed by atoms with Gasteiger partial charge in [0.1, 0.15) is 15.9 Å². The van der Waals surface area contributed by atoms with E-state index in [0.717, 1.165) is 6.42 Å². The molecule has 0 saturated heterocycles. The van der Waals surface area contributed by atoms with Crippen molar-refractivity contribution in [2.75, 3.05) is 0 Å². The van der Waals surface area contributed by atoms with Crippen LogP contribution in [0.15, 0.2) is 91.0 Å². The van der Waals surface area contributed by atoms with E-state index in [9.17, 15) is 0 Å². The van der Waals surface area contributed by atoms with E-state index < -0.39 is 7.92 Å². The SMILES string of the molecule is [Au+].[CH2-]CC.c1ccc([PH+](c2ccccc2)c2ccccc2)cc1. The van der Waals surface area contributed by atoms with Crippen LogP contribution in [0.3, 0.4) is 0 Å². The molecular formula is C21H23AuP+. The summed E-state index contributed by atoms with van der Waals surface area (Å²) < 4.78 is 0. The van der Waals surface area contributed by atoms with E-state index in [1.54, 1.807) is 0 Å². The Labute approximate surface area is 157 Å². The molecule has 0 nitrogen and oxygen atoms in total. The first-order valence-corrected chi connectivity index (χ1v) is 9.19. The van der Waals surface area contributed by atoms with E-state index in [1.807, 2.05) is 6.92 Å². The molecule has 0 aromatic heterocycles. The Bertz CT molecular complexity index is 545. The van der Waals surface area contributed by atoms with Gasteiger partial charge in [0.05, 0.1) is 7.92 Å². The Kier molecular flexibility index (Phi) is 9.83. The van der Waals surface area contributed by atoms with E-state index in [0.29, 0.717) is 0 Å². The number of rotatable bonds is 3. The van der Waals surface area contributed by atoms with E-state index in [1.165, 1.54) is 15.9 Å². The third-order valence-corrected chi connectivity index (χ3v) is 5.92. The maximum Gasteiger partial charge on any atom is 1.00 e. The quantitative estimate of drug-likeness (QED) is 0.283. The van der Waals surface area contributed by atoms with Gasteiger partial charge in [-0.2, -0.15) is 6.42 Å². The molecule has 0 saturated carbocycles. The minimum absolute atomic E-state index is 0. The summed E-state index contributed by atoms with van der Waals surface area (Å²) in [5.41, 5.74) is 0. The fourth-order valence-electron chi connectivity index (χ4n) is 2.31. The molecule has 0 aliphatic heterocycles. The third kappa shape index (κ3) is 6.09. The largest absolute Gasteiger partial charge is 1.00 e. The zero-order chi connectivity index (χ0) is 15.6. The molecule has 3 aromatic carbocycles. The van der Waals surface area contributed by atoms with Crippen LogP contribution in [0.1, 0.15) is 13.3 Å². The van der Waals surface area contributed by atoms with E-state index in [2.05, 4.69) is 97.9 Å². The molecule has 0 aliphatic carbocycles. The van der Waals surface area contributed by atoms with Gasteiger partial charge in [0.15, 0.2) is 0 Å². The summed E-state index contributed by atoms with van der Waals surface area (Å²) in [6, 6.07) is 32.5. The maximum absolute atomic E-state index is 3.49. The second-order valence-electron chi connectivity index (χ2n) is 4.97. The molecule has 0 radical (unpaired) electrons. The van der Waals surface area contributed by atoms with Crippen LogP contribution in [0.2, 0.25) is 0 Å². The van der Waals surface area contributed by atoms with Crippen molar-refractivity contribution in [1.29, 1.82) is 0 Å². The monoisotopic (exact) mass is 503 g/mol. The Hall–Kier alpha value is -1.17. The summed E-state index contributed by atoms with van der Waals surface area (Å²) in [4.78, 5) is 0. The second-order valence-corrected chi connectivity index (χ2v) is 7.46. The normalized spacial score (nSPS) is 9.52. The zero-order valence-corrected chi connectivity index (χ0v) is 16.5. The van der Waals surface area contributed by atoms with Crippen LogP contribution in [0.25, 0.3) is 0 Å². The molecule has 0 amide bonds. The Balaban J connectivity index is 0.000000615. The van der Waals surface area contributed by atoms with Crippen LogP contribution in [0.5, 0.6) is 0 Å².